The number of rotatable bonds is 5. The number of likely N-dealkylation sites (N-methyl/N-ethyl adjacent to an activating group) is 1. The molecule has 0 spiro atoms. The first-order valence-electron chi connectivity index (χ1n) is 6.82. The minimum Gasteiger partial charge on any atom is -0.342 e. The minimum atomic E-state index is 0.250. The molecule has 1 aliphatic rings. The van der Waals surface area contributed by atoms with Crippen molar-refractivity contribution in [1.29, 1.82) is 0 Å². The number of hydrogen-bond acceptors (Lipinski definition) is 3. The van der Waals surface area contributed by atoms with Gasteiger partial charge >= 0.3 is 0 Å². The Morgan fingerprint density at radius 2 is 2.06 bits per heavy atom. The molecule has 1 aliphatic heterocycles. The highest BCUT2D eigenvalue weighted by Gasteiger charge is 2.26. The van der Waals surface area contributed by atoms with Crippen molar-refractivity contribution in [2.45, 2.75) is 27.2 Å². The first-order valence-corrected chi connectivity index (χ1v) is 6.82. The molecule has 2 atom stereocenters. The van der Waals surface area contributed by atoms with Gasteiger partial charge in [0, 0.05) is 19.6 Å². The van der Waals surface area contributed by atoms with E-state index in [1.165, 1.54) is 0 Å². The van der Waals surface area contributed by atoms with Crippen LogP contribution in [0.2, 0.25) is 0 Å². The summed E-state index contributed by atoms with van der Waals surface area (Å²) in [5, 5.41) is 0. The predicted molar refractivity (Wildman–Crippen MR) is 70.7 cm³/mol. The number of amides is 1. The molecule has 1 rings (SSSR count). The lowest BCUT2D eigenvalue weighted by Gasteiger charge is -2.36. The molecule has 4 nitrogen and oxygen atoms in total. The summed E-state index contributed by atoms with van der Waals surface area (Å²) in [7, 11) is 0. The molecule has 0 saturated carbocycles. The summed E-state index contributed by atoms with van der Waals surface area (Å²) in [6.45, 7) is 11.2. The molecule has 2 unspecified atom stereocenters. The van der Waals surface area contributed by atoms with Crippen LogP contribution in [-0.2, 0) is 4.79 Å². The van der Waals surface area contributed by atoms with Crippen LogP contribution in [0.5, 0.6) is 0 Å². The summed E-state index contributed by atoms with van der Waals surface area (Å²) in [5.74, 6) is 1.49. The van der Waals surface area contributed by atoms with Crippen molar-refractivity contribution in [3.8, 4) is 0 Å². The van der Waals surface area contributed by atoms with E-state index < -0.39 is 0 Å². The standard InChI is InChI=1S/C13H27N3O/c1-4-16(5-2)13(17)10-15-7-6-11(3)12(8-14)9-15/h11-12H,4-10,14H2,1-3H3. The fraction of sp³-hybridized carbons (Fsp3) is 0.923. The molecule has 0 bridgehead atoms. The van der Waals surface area contributed by atoms with E-state index in [0.717, 1.165) is 39.1 Å². The van der Waals surface area contributed by atoms with E-state index in [2.05, 4.69) is 11.8 Å². The van der Waals surface area contributed by atoms with E-state index >= 15 is 0 Å². The molecule has 0 aromatic carbocycles. The molecule has 4 heteroatoms. The molecule has 1 heterocycles. The number of carbonyl (C=O) groups excluding carboxylic acids is 1. The lowest BCUT2D eigenvalue weighted by Crippen LogP contribution is -2.47. The van der Waals surface area contributed by atoms with Crippen molar-refractivity contribution in [3.05, 3.63) is 0 Å². The monoisotopic (exact) mass is 241 g/mol. The van der Waals surface area contributed by atoms with Crippen LogP contribution < -0.4 is 5.73 Å². The summed E-state index contributed by atoms with van der Waals surface area (Å²) >= 11 is 0. The third kappa shape index (κ3) is 3.96. The maximum Gasteiger partial charge on any atom is 0.236 e. The van der Waals surface area contributed by atoms with Gasteiger partial charge in [-0.2, -0.15) is 0 Å². The van der Waals surface area contributed by atoms with Crippen molar-refractivity contribution < 1.29 is 4.79 Å². The SMILES string of the molecule is CCN(CC)C(=O)CN1CCC(C)C(CN)C1. The highest BCUT2D eigenvalue weighted by atomic mass is 16.2. The molecule has 0 aliphatic carbocycles. The van der Waals surface area contributed by atoms with Crippen LogP contribution in [0.25, 0.3) is 0 Å². The van der Waals surface area contributed by atoms with Gasteiger partial charge in [0.25, 0.3) is 0 Å². The van der Waals surface area contributed by atoms with Gasteiger partial charge in [0.15, 0.2) is 0 Å². The normalized spacial score (nSPS) is 25.9. The average molecular weight is 241 g/mol. The molecule has 1 amide bonds. The van der Waals surface area contributed by atoms with Crippen molar-refractivity contribution in [2.24, 2.45) is 17.6 Å². The Labute approximate surface area is 105 Å². The van der Waals surface area contributed by atoms with Crippen molar-refractivity contribution in [2.75, 3.05) is 39.3 Å². The Morgan fingerprint density at radius 3 is 2.59 bits per heavy atom. The quantitative estimate of drug-likeness (QED) is 0.773. The highest BCUT2D eigenvalue weighted by molar-refractivity contribution is 5.78. The number of nitrogens with two attached hydrogens (primary N) is 1. The van der Waals surface area contributed by atoms with E-state index in [4.69, 9.17) is 5.73 Å². The molecular formula is C13H27N3O. The number of carbonyl (C=O) groups is 1. The van der Waals surface area contributed by atoms with Gasteiger partial charge in [-0.15, -0.1) is 0 Å². The molecule has 1 saturated heterocycles. The molecule has 0 aromatic heterocycles. The Balaban J connectivity index is 2.44. The molecule has 0 radical (unpaired) electrons. The van der Waals surface area contributed by atoms with Gasteiger partial charge in [-0.3, -0.25) is 9.69 Å². The van der Waals surface area contributed by atoms with Gasteiger partial charge in [-0.05, 0) is 45.2 Å². The second-order valence-corrected chi connectivity index (χ2v) is 5.06. The van der Waals surface area contributed by atoms with E-state index in [-0.39, 0.29) is 5.91 Å². The van der Waals surface area contributed by atoms with Crippen LogP contribution >= 0.6 is 0 Å². The summed E-state index contributed by atoms with van der Waals surface area (Å²) in [5.41, 5.74) is 5.78. The molecular weight excluding hydrogens is 214 g/mol. The zero-order valence-electron chi connectivity index (χ0n) is 11.5. The third-order valence-electron chi connectivity index (χ3n) is 3.98. The van der Waals surface area contributed by atoms with Crippen molar-refractivity contribution in [3.63, 3.8) is 0 Å². The summed E-state index contributed by atoms with van der Waals surface area (Å²) < 4.78 is 0. The van der Waals surface area contributed by atoms with Gasteiger partial charge in [-0.25, -0.2) is 0 Å². The lowest BCUT2D eigenvalue weighted by molar-refractivity contribution is -0.132. The molecule has 100 valence electrons. The Morgan fingerprint density at radius 1 is 1.41 bits per heavy atom. The Bertz CT molecular complexity index is 241. The van der Waals surface area contributed by atoms with E-state index in [0.29, 0.717) is 18.4 Å². The van der Waals surface area contributed by atoms with Crippen LogP contribution in [0, 0.1) is 11.8 Å². The highest BCUT2D eigenvalue weighted by Crippen LogP contribution is 2.21. The number of piperidine rings is 1. The van der Waals surface area contributed by atoms with Gasteiger partial charge < -0.3 is 10.6 Å². The second-order valence-electron chi connectivity index (χ2n) is 5.06. The van der Waals surface area contributed by atoms with Crippen molar-refractivity contribution in [1.82, 2.24) is 9.80 Å². The molecule has 1 fully saturated rings. The smallest absolute Gasteiger partial charge is 0.236 e. The summed E-state index contributed by atoms with van der Waals surface area (Å²) in [6, 6.07) is 0. The largest absolute Gasteiger partial charge is 0.342 e. The first kappa shape index (κ1) is 14.5. The molecule has 0 aromatic rings. The fourth-order valence-electron chi connectivity index (χ4n) is 2.54. The Kier molecular flexibility index (Phi) is 5.92. The average Bonchev–Trinajstić information content (AvgIpc) is 2.33. The zero-order chi connectivity index (χ0) is 12.8. The third-order valence-corrected chi connectivity index (χ3v) is 3.98. The lowest BCUT2D eigenvalue weighted by atomic mass is 9.87. The topological polar surface area (TPSA) is 49.6 Å². The van der Waals surface area contributed by atoms with Crippen LogP contribution in [0.3, 0.4) is 0 Å². The maximum absolute atomic E-state index is 12.0. The molecule has 2 N–H and O–H groups in total. The minimum absolute atomic E-state index is 0.250. The molecule has 17 heavy (non-hydrogen) atoms. The Hall–Kier alpha value is -0.610. The second kappa shape index (κ2) is 6.97. The number of likely N-dealkylation sites (tertiary alicyclic amines) is 1. The van der Waals surface area contributed by atoms with Crippen LogP contribution in [0.1, 0.15) is 27.2 Å². The van der Waals surface area contributed by atoms with E-state index in [9.17, 15) is 4.79 Å². The number of nitrogens with zero attached hydrogens (tertiary/aromatic N) is 2. The maximum atomic E-state index is 12.0. The van der Waals surface area contributed by atoms with Gasteiger partial charge in [0.05, 0.1) is 6.54 Å². The van der Waals surface area contributed by atoms with Crippen LogP contribution in [-0.4, -0.2) is 55.0 Å². The van der Waals surface area contributed by atoms with Crippen molar-refractivity contribution >= 4 is 5.91 Å². The summed E-state index contributed by atoms with van der Waals surface area (Å²) in [4.78, 5) is 16.2. The number of hydrogen-bond donors (Lipinski definition) is 1. The van der Waals surface area contributed by atoms with Gasteiger partial charge in [-0.1, -0.05) is 6.92 Å². The van der Waals surface area contributed by atoms with Gasteiger partial charge in [0.2, 0.25) is 5.91 Å². The summed E-state index contributed by atoms with van der Waals surface area (Å²) in [6.07, 6.45) is 1.16. The zero-order valence-corrected chi connectivity index (χ0v) is 11.5. The van der Waals surface area contributed by atoms with Crippen LogP contribution in [0.15, 0.2) is 0 Å². The van der Waals surface area contributed by atoms with E-state index in [1.54, 1.807) is 0 Å². The van der Waals surface area contributed by atoms with Crippen LogP contribution in [0.4, 0.5) is 0 Å². The fourth-order valence-corrected chi connectivity index (χ4v) is 2.54. The predicted octanol–water partition coefficient (Wildman–Crippen LogP) is 0.772. The van der Waals surface area contributed by atoms with Gasteiger partial charge in [0.1, 0.15) is 0 Å². The first-order chi connectivity index (χ1) is 8.12. The van der Waals surface area contributed by atoms with E-state index in [1.807, 2.05) is 18.7 Å².